The Morgan fingerprint density at radius 3 is 1.00 bits per heavy atom. The van der Waals surface area contributed by atoms with Crippen molar-refractivity contribution in [2.24, 2.45) is 0 Å². The SMILES string of the molecule is CC(C)O.CCCCCCCCCCCCCCCCCC[N+](C)(C)C. The number of aliphatic hydroxyl groups is 1. The lowest BCUT2D eigenvalue weighted by Crippen LogP contribution is -2.35. The van der Waals surface area contributed by atoms with Crippen molar-refractivity contribution in [1.82, 2.24) is 0 Å². The molecule has 0 radical (unpaired) electrons. The van der Waals surface area contributed by atoms with Crippen LogP contribution in [0.25, 0.3) is 0 Å². The van der Waals surface area contributed by atoms with Gasteiger partial charge in [0.1, 0.15) is 0 Å². The van der Waals surface area contributed by atoms with Crippen molar-refractivity contribution in [3.63, 3.8) is 0 Å². The molecule has 0 fully saturated rings. The predicted molar refractivity (Wildman–Crippen MR) is 120 cm³/mol. The third-order valence-electron chi connectivity index (χ3n) is 4.68. The Morgan fingerprint density at radius 1 is 0.538 bits per heavy atom. The van der Waals surface area contributed by atoms with Gasteiger partial charge in [-0.3, -0.25) is 0 Å². The largest absolute Gasteiger partial charge is 0.394 e. The van der Waals surface area contributed by atoms with Crippen LogP contribution >= 0.6 is 0 Å². The Morgan fingerprint density at radius 2 is 0.769 bits per heavy atom. The van der Waals surface area contributed by atoms with E-state index in [0.717, 1.165) is 4.48 Å². The predicted octanol–water partition coefficient (Wildman–Crippen LogP) is 7.34. The molecule has 0 saturated heterocycles. The molecule has 0 unspecified atom stereocenters. The molecule has 2 heteroatoms. The second-order valence-electron chi connectivity index (χ2n) is 9.41. The van der Waals surface area contributed by atoms with Crippen molar-refractivity contribution >= 4 is 0 Å². The summed E-state index contributed by atoms with van der Waals surface area (Å²) in [5.41, 5.74) is 0. The summed E-state index contributed by atoms with van der Waals surface area (Å²) in [6, 6.07) is 0. The molecule has 0 aliphatic carbocycles. The van der Waals surface area contributed by atoms with Gasteiger partial charge in [-0.15, -0.1) is 0 Å². The first-order valence-corrected chi connectivity index (χ1v) is 11.8. The van der Waals surface area contributed by atoms with Gasteiger partial charge < -0.3 is 9.59 Å². The first-order valence-electron chi connectivity index (χ1n) is 11.8. The maximum Gasteiger partial charge on any atom is 0.0780 e. The molecule has 0 aromatic rings. The van der Waals surface area contributed by atoms with Gasteiger partial charge in [0.15, 0.2) is 0 Å². The number of hydrogen-bond acceptors (Lipinski definition) is 1. The van der Waals surface area contributed by atoms with E-state index in [1.165, 1.54) is 109 Å². The quantitative estimate of drug-likeness (QED) is 0.209. The van der Waals surface area contributed by atoms with E-state index >= 15 is 0 Å². The molecule has 0 aliphatic rings. The molecule has 160 valence electrons. The van der Waals surface area contributed by atoms with Crippen LogP contribution in [0.4, 0.5) is 0 Å². The minimum atomic E-state index is -0.167. The Balaban J connectivity index is 0. The molecule has 1 N–H and O–H groups in total. The monoisotopic (exact) mass is 372 g/mol. The molecule has 2 nitrogen and oxygen atoms in total. The summed E-state index contributed by atoms with van der Waals surface area (Å²) in [7, 11) is 6.89. The Hall–Kier alpha value is -0.0800. The zero-order valence-corrected chi connectivity index (χ0v) is 19.5. The zero-order valence-electron chi connectivity index (χ0n) is 19.5. The Kier molecular flexibility index (Phi) is 23.0. The van der Waals surface area contributed by atoms with Crippen molar-refractivity contribution in [1.29, 1.82) is 0 Å². The number of nitrogens with zero attached hydrogens (tertiary/aromatic N) is 1. The van der Waals surface area contributed by atoms with Crippen LogP contribution in [-0.2, 0) is 0 Å². The van der Waals surface area contributed by atoms with Crippen molar-refractivity contribution in [3.8, 4) is 0 Å². The van der Waals surface area contributed by atoms with E-state index in [-0.39, 0.29) is 6.10 Å². The van der Waals surface area contributed by atoms with Gasteiger partial charge in [0.05, 0.1) is 27.7 Å². The van der Waals surface area contributed by atoms with E-state index < -0.39 is 0 Å². The summed E-state index contributed by atoms with van der Waals surface area (Å²) in [5, 5.41) is 8.06. The maximum absolute atomic E-state index is 8.06. The molecule has 0 rings (SSSR count). The zero-order chi connectivity index (χ0) is 20.1. The van der Waals surface area contributed by atoms with Crippen molar-refractivity contribution < 1.29 is 9.59 Å². The van der Waals surface area contributed by atoms with Crippen LogP contribution in [0, 0.1) is 0 Å². The smallest absolute Gasteiger partial charge is 0.0780 e. The van der Waals surface area contributed by atoms with Crippen molar-refractivity contribution in [3.05, 3.63) is 0 Å². The van der Waals surface area contributed by atoms with Crippen LogP contribution < -0.4 is 0 Å². The van der Waals surface area contributed by atoms with E-state index in [1.54, 1.807) is 13.8 Å². The molecule has 0 saturated carbocycles. The van der Waals surface area contributed by atoms with Crippen LogP contribution in [0.2, 0.25) is 0 Å². The minimum Gasteiger partial charge on any atom is -0.394 e. The standard InChI is InChI=1S/C21H46N.C3H8O/c1-5-6-7-8-9-10-11-12-13-14-15-16-17-18-19-20-21-22(2,3)4;1-3(2)4/h5-21H2,1-4H3;3-4H,1-2H3/q+1;. The highest BCUT2D eigenvalue weighted by Gasteiger charge is 2.04. The normalized spacial score (nSPS) is 11.5. The fraction of sp³-hybridized carbons (Fsp3) is 1.00. The topological polar surface area (TPSA) is 20.2 Å². The lowest BCUT2D eigenvalue weighted by atomic mass is 10.0. The minimum absolute atomic E-state index is 0.167. The summed E-state index contributed by atoms with van der Waals surface area (Å²) in [6.45, 7) is 7.07. The van der Waals surface area contributed by atoms with Gasteiger partial charge in [-0.25, -0.2) is 0 Å². The summed E-state index contributed by atoms with van der Waals surface area (Å²) >= 11 is 0. The Bertz CT molecular complexity index is 242. The molecular formula is C24H54NO+. The molecular weight excluding hydrogens is 318 g/mol. The molecule has 0 bridgehead atoms. The van der Waals surface area contributed by atoms with Gasteiger partial charge >= 0.3 is 0 Å². The molecule has 0 spiro atoms. The fourth-order valence-electron chi connectivity index (χ4n) is 3.13. The molecule has 0 aromatic heterocycles. The number of rotatable bonds is 17. The summed E-state index contributed by atoms with van der Waals surface area (Å²) in [5.74, 6) is 0. The van der Waals surface area contributed by atoms with Gasteiger partial charge in [0.2, 0.25) is 0 Å². The summed E-state index contributed by atoms with van der Waals surface area (Å²) in [4.78, 5) is 0. The van der Waals surface area contributed by atoms with Gasteiger partial charge in [-0.2, -0.15) is 0 Å². The molecule has 0 amide bonds. The average molecular weight is 373 g/mol. The van der Waals surface area contributed by atoms with E-state index in [0.29, 0.717) is 0 Å². The third kappa shape index (κ3) is 35.1. The second kappa shape index (κ2) is 21.2. The third-order valence-corrected chi connectivity index (χ3v) is 4.68. The molecule has 0 atom stereocenters. The van der Waals surface area contributed by atoms with E-state index in [1.807, 2.05) is 0 Å². The number of quaternary nitrogens is 1. The molecule has 0 aromatic carbocycles. The Labute approximate surface area is 167 Å². The highest BCUT2D eigenvalue weighted by Crippen LogP contribution is 2.13. The number of hydrogen-bond donors (Lipinski definition) is 1. The van der Waals surface area contributed by atoms with Gasteiger partial charge in [0, 0.05) is 6.10 Å². The van der Waals surface area contributed by atoms with Crippen molar-refractivity contribution in [2.45, 2.75) is 130 Å². The summed E-state index contributed by atoms with van der Waals surface area (Å²) in [6.07, 6.45) is 23.2. The molecule has 26 heavy (non-hydrogen) atoms. The van der Waals surface area contributed by atoms with Crippen LogP contribution in [0.5, 0.6) is 0 Å². The van der Waals surface area contributed by atoms with E-state index in [2.05, 4.69) is 28.1 Å². The van der Waals surface area contributed by atoms with E-state index in [4.69, 9.17) is 5.11 Å². The van der Waals surface area contributed by atoms with Gasteiger partial charge in [0.25, 0.3) is 0 Å². The van der Waals surface area contributed by atoms with Gasteiger partial charge in [-0.05, 0) is 26.7 Å². The van der Waals surface area contributed by atoms with E-state index in [9.17, 15) is 0 Å². The van der Waals surface area contributed by atoms with Crippen LogP contribution in [0.3, 0.4) is 0 Å². The summed E-state index contributed by atoms with van der Waals surface area (Å²) < 4.78 is 1.12. The van der Waals surface area contributed by atoms with Crippen LogP contribution in [0.1, 0.15) is 124 Å². The number of unbranched alkanes of at least 4 members (excludes halogenated alkanes) is 15. The maximum atomic E-state index is 8.06. The highest BCUT2D eigenvalue weighted by molar-refractivity contribution is 4.49. The van der Waals surface area contributed by atoms with Gasteiger partial charge in [-0.1, -0.05) is 96.8 Å². The number of aliphatic hydroxyl groups excluding tert-OH is 1. The fourth-order valence-corrected chi connectivity index (χ4v) is 3.13. The van der Waals surface area contributed by atoms with Crippen LogP contribution in [0.15, 0.2) is 0 Å². The van der Waals surface area contributed by atoms with Crippen molar-refractivity contribution in [2.75, 3.05) is 27.7 Å². The lowest BCUT2D eigenvalue weighted by Gasteiger charge is -2.23. The molecule has 0 heterocycles. The van der Waals surface area contributed by atoms with Crippen LogP contribution in [-0.4, -0.2) is 43.4 Å². The first kappa shape index (κ1) is 28.1. The lowest BCUT2D eigenvalue weighted by molar-refractivity contribution is -0.870. The first-order chi connectivity index (χ1) is 12.3. The average Bonchev–Trinajstić information content (AvgIpc) is 2.53. The molecule has 0 aliphatic heterocycles. The second-order valence-corrected chi connectivity index (χ2v) is 9.41. The highest BCUT2D eigenvalue weighted by atomic mass is 16.3.